The molecule has 48 heavy (non-hydrogen) atoms. The molecule has 3 aliphatic carbocycles. The predicted molar refractivity (Wildman–Crippen MR) is 215 cm³/mol. The second kappa shape index (κ2) is 17.9. The van der Waals surface area contributed by atoms with Gasteiger partial charge in [0.05, 0.1) is 0 Å². The first-order chi connectivity index (χ1) is 22.9. The first-order valence-corrected chi connectivity index (χ1v) is 18.9. The van der Waals surface area contributed by atoms with Crippen molar-refractivity contribution in [3.8, 4) is 0 Å². The van der Waals surface area contributed by atoms with Crippen molar-refractivity contribution in [1.82, 2.24) is 4.90 Å². The molecule has 0 spiro atoms. The fourth-order valence-electron chi connectivity index (χ4n) is 7.93. The zero-order valence-corrected chi connectivity index (χ0v) is 32.4. The van der Waals surface area contributed by atoms with Gasteiger partial charge in [0.1, 0.15) is 0 Å². The fraction of sp³-hybridized carbons (Fsp3) is 0.489. The zero-order chi connectivity index (χ0) is 35.5. The second-order valence-corrected chi connectivity index (χ2v) is 15.1. The molecule has 0 bridgehead atoms. The van der Waals surface area contributed by atoms with Crippen LogP contribution in [0.25, 0.3) is 0 Å². The van der Waals surface area contributed by atoms with E-state index in [-0.39, 0.29) is 10.8 Å². The van der Waals surface area contributed by atoms with E-state index in [1.54, 1.807) is 5.57 Å². The molecule has 0 N–H and O–H groups in total. The Labute approximate surface area is 296 Å². The normalized spacial score (nSPS) is 21.3. The van der Waals surface area contributed by atoms with Gasteiger partial charge in [-0.1, -0.05) is 165 Å². The molecular weight excluding hydrogens is 579 g/mol. The van der Waals surface area contributed by atoms with Gasteiger partial charge in [-0.3, -0.25) is 0 Å². The molecule has 0 saturated heterocycles. The van der Waals surface area contributed by atoms with Crippen LogP contribution in [0.3, 0.4) is 0 Å². The van der Waals surface area contributed by atoms with E-state index >= 15 is 0 Å². The van der Waals surface area contributed by atoms with Crippen LogP contribution < -0.4 is 0 Å². The number of hydrogen-bond acceptors (Lipinski definition) is 1. The molecule has 1 heteroatoms. The topological polar surface area (TPSA) is 3.24 Å². The summed E-state index contributed by atoms with van der Waals surface area (Å²) in [6, 6.07) is 0. The number of rotatable bonds is 18. The molecule has 0 aromatic rings. The van der Waals surface area contributed by atoms with Gasteiger partial charge in [0, 0.05) is 23.1 Å². The Morgan fingerprint density at radius 2 is 1.85 bits per heavy atom. The van der Waals surface area contributed by atoms with Gasteiger partial charge < -0.3 is 4.90 Å². The van der Waals surface area contributed by atoms with Gasteiger partial charge in [-0.05, 0) is 104 Å². The molecule has 0 amide bonds. The molecule has 0 aliphatic heterocycles. The summed E-state index contributed by atoms with van der Waals surface area (Å²) in [5.74, 6) is 0.483. The van der Waals surface area contributed by atoms with Gasteiger partial charge in [-0.15, -0.1) is 0 Å². The second-order valence-electron chi connectivity index (χ2n) is 15.1. The number of hydrogen-bond donors (Lipinski definition) is 0. The minimum atomic E-state index is -0.171. The van der Waals surface area contributed by atoms with E-state index in [0.717, 1.165) is 38.6 Å². The molecule has 0 radical (unpaired) electrons. The molecule has 1 nitrogen and oxygen atoms in total. The lowest BCUT2D eigenvalue weighted by molar-refractivity contribution is 0.383. The monoisotopic (exact) mass is 646 g/mol. The lowest BCUT2D eigenvalue weighted by atomic mass is 9.69. The Morgan fingerprint density at radius 1 is 1.10 bits per heavy atom. The highest BCUT2D eigenvalue weighted by atomic mass is 15.1. The highest BCUT2D eigenvalue weighted by Crippen LogP contribution is 2.52. The number of allylic oxidation sites excluding steroid dienone is 19. The molecule has 0 saturated carbocycles. The lowest BCUT2D eigenvalue weighted by Gasteiger charge is -2.37. The van der Waals surface area contributed by atoms with Crippen LogP contribution in [0.15, 0.2) is 142 Å². The highest BCUT2D eigenvalue weighted by Gasteiger charge is 2.41. The summed E-state index contributed by atoms with van der Waals surface area (Å²) in [5, 5.41) is 0. The highest BCUT2D eigenvalue weighted by molar-refractivity contribution is 5.62. The Balaban J connectivity index is 2.02. The minimum Gasteiger partial charge on any atom is -0.347 e. The third kappa shape index (κ3) is 9.43. The number of nitrogens with zero attached hydrogens (tertiary/aromatic N) is 1. The van der Waals surface area contributed by atoms with Gasteiger partial charge in [0.2, 0.25) is 0 Å². The van der Waals surface area contributed by atoms with Gasteiger partial charge in [-0.25, -0.2) is 0 Å². The Hall–Kier alpha value is -3.32. The predicted octanol–water partition coefficient (Wildman–Crippen LogP) is 14.2. The van der Waals surface area contributed by atoms with Crippen molar-refractivity contribution >= 4 is 0 Å². The third-order valence-electron chi connectivity index (χ3n) is 10.8. The molecule has 1 unspecified atom stereocenters. The smallest absolute Gasteiger partial charge is 0.0409 e. The van der Waals surface area contributed by atoms with Gasteiger partial charge in [0.25, 0.3) is 0 Å². The molecule has 1 atom stereocenters. The van der Waals surface area contributed by atoms with E-state index in [1.165, 1.54) is 76.0 Å². The van der Waals surface area contributed by atoms with Crippen molar-refractivity contribution in [3.63, 3.8) is 0 Å². The molecule has 3 aliphatic rings. The molecule has 3 rings (SSSR count). The minimum absolute atomic E-state index is 0.0600. The largest absolute Gasteiger partial charge is 0.347 e. The maximum atomic E-state index is 4.36. The Morgan fingerprint density at radius 3 is 2.48 bits per heavy atom. The third-order valence-corrected chi connectivity index (χ3v) is 10.8. The van der Waals surface area contributed by atoms with Crippen molar-refractivity contribution in [2.24, 2.45) is 16.7 Å². The Bertz CT molecular complexity index is 1490. The van der Waals surface area contributed by atoms with Gasteiger partial charge in [0.15, 0.2) is 0 Å². The van der Waals surface area contributed by atoms with Crippen LogP contribution in [0.5, 0.6) is 0 Å². The molecular formula is C47H67N. The van der Waals surface area contributed by atoms with Crippen molar-refractivity contribution in [2.75, 3.05) is 6.54 Å². The van der Waals surface area contributed by atoms with Crippen LogP contribution in [0.1, 0.15) is 127 Å². The lowest BCUT2D eigenvalue weighted by Crippen LogP contribution is -2.29. The first kappa shape index (κ1) is 39.1. The van der Waals surface area contributed by atoms with Crippen molar-refractivity contribution in [2.45, 2.75) is 127 Å². The number of unbranched alkanes of at least 4 members (excludes halogenated alkanes) is 3. The summed E-state index contributed by atoms with van der Waals surface area (Å²) in [4.78, 5) is 2.40. The van der Waals surface area contributed by atoms with E-state index < -0.39 is 0 Å². The zero-order valence-electron chi connectivity index (χ0n) is 32.4. The molecule has 0 aromatic carbocycles. The molecule has 260 valence electrons. The average Bonchev–Trinajstić information content (AvgIpc) is 3.80. The van der Waals surface area contributed by atoms with E-state index in [1.807, 2.05) is 12.3 Å². The molecule has 0 heterocycles. The maximum Gasteiger partial charge on any atom is 0.0409 e. The maximum absolute atomic E-state index is 4.36. The van der Waals surface area contributed by atoms with Crippen LogP contribution in [0.2, 0.25) is 0 Å². The van der Waals surface area contributed by atoms with Gasteiger partial charge in [-0.2, -0.15) is 0 Å². The SMILES string of the molecule is C=C/C=C1/C(C)=C(N(C=C)C/C=C(\C(C)=C/C(C)C)C(C)(CC)/C(=C/C=C/CCCCC)CC)C(C)(C)/C1=C/CC1=CCC2=C(C=C1)C2. The van der Waals surface area contributed by atoms with E-state index in [9.17, 15) is 0 Å². The quantitative estimate of drug-likeness (QED) is 0.106. The van der Waals surface area contributed by atoms with Crippen molar-refractivity contribution in [1.29, 1.82) is 0 Å². The van der Waals surface area contributed by atoms with E-state index in [4.69, 9.17) is 0 Å². The van der Waals surface area contributed by atoms with Crippen LogP contribution in [-0.2, 0) is 0 Å². The summed E-state index contributed by atoms with van der Waals surface area (Å²) < 4.78 is 0. The van der Waals surface area contributed by atoms with Crippen LogP contribution in [-0.4, -0.2) is 11.4 Å². The fourth-order valence-corrected chi connectivity index (χ4v) is 7.93. The van der Waals surface area contributed by atoms with E-state index in [0.29, 0.717) is 5.92 Å². The summed E-state index contributed by atoms with van der Waals surface area (Å²) in [7, 11) is 0. The van der Waals surface area contributed by atoms with Crippen molar-refractivity contribution < 1.29 is 0 Å². The van der Waals surface area contributed by atoms with Crippen molar-refractivity contribution in [3.05, 3.63) is 142 Å². The average molecular weight is 646 g/mol. The van der Waals surface area contributed by atoms with Crippen LogP contribution in [0, 0.1) is 16.7 Å². The molecule has 0 aromatic heterocycles. The summed E-state index contributed by atoms with van der Waals surface area (Å²) in [6.45, 7) is 32.6. The van der Waals surface area contributed by atoms with Gasteiger partial charge >= 0.3 is 0 Å². The summed E-state index contributed by atoms with van der Waals surface area (Å²) in [5.41, 5.74) is 14.0. The summed E-state index contributed by atoms with van der Waals surface area (Å²) in [6.07, 6.45) is 38.1. The van der Waals surface area contributed by atoms with Crippen LogP contribution >= 0.6 is 0 Å². The first-order valence-electron chi connectivity index (χ1n) is 18.9. The summed E-state index contributed by atoms with van der Waals surface area (Å²) >= 11 is 0. The van der Waals surface area contributed by atoms with E-state index in [2.05, 4.69) is 148 Å². The Kier molecular flexibility index (Phi) is 14.6. The standard InChI is InChI=1S/C47H67N/c1-13-18-19-20-21-22-24-41(15-3)47(12,16-4)43(36(8)33-35(6)7)31-32-48(17-5)45-37(9)42(23-14-2)44(46(45,10)11)30-27-38-25-28-39-34-40(39)29-26-38/h14,17,21-26,28,30-31,33,35H,2,5,13,15-16,18-20,27,29,32,34H2,1,3-4,6-12H3/b22-21+,36-33-,41-24+,42-23-,43-31+,44-30+. The van der Waals surface area contributed by atoms with Crippen LogP contribution in [0.4, 0.5) is 0 Å². The molecule has 0 fully saturated rings.